The fraction of sp³-hybridized carbons (Fsp3) is 0.833. The summed E-state index contributed by atoms with van der Waals surface area (Å²) in [6.45, 7) is 16.3. The van der Waals surface area contributed by atoms with Gasteiger partial charge in [0.2, 0.25) is 0 Å². The molecule has 0 aromatic rings. The zero-order valence-electron chi connectivity index (χ0n) is 21.8. The van der Waals surface area contributed by atoms with Gasteiger partial charge in [-0.1, -0.05) is 65.3 Å². The normalized spacial score (nSPS) is 43.2. The molecule has 0 heterocycles. The molecule has 0 amide bonds. The number of carbonyl (C=O) groups excluding carboxylic acids is 1. The van der Waals surface area contributed by atoms with Gasteiger partial charge >= 0.3 is 5.97 Å². The highest BCUT2D eigenvalue weighted by Crippen LogP contribution is 2.66. The molecule has 2 heteroatoms. The predicted molar refractivity (Wildman–Crippen MR) is 133 cm³/mol. The molecule has 0 radical (unpaired) electrons. The van der Waals surface area contributed by atoms with E-state index in [0.717, 1.165) is 36.5 Å². The minimum atomic E-state index is -0.109. The Kier molecular flexibility index (Phi) is 6.74. The maximum atomic E-state index is 11.5. The third-order valence-corrected chi connectivity index (χ3v) is 10.8. The van der Waals surface area contributed by atoms with Gasteiger partial charge in [0.15, 0.2) is 0 Å². The van der Waals surface area contributed by atoms with Crippen molar-refractivity contribution in [3.8, 4) is 0 Å². The van der Waals surface area contributed by atoms with Crippen LogP contribution in [0.5, 0.6) is 0 Å². The van der Waals surface area contributed by atoms with Crippen molar-refractivity contribution in [2.45, 2.75) is 106 Å². The topological polar surface area (TPSA) is 26.3 Å². The van der Waals surface area contributed by atoms with Crippen LogP contribution in [0.1, 0.15) is 99.8 Å². The van der Waals surface area contributed by atoms with E-state index >= 15 is 0 Å². The van der Waals surface area contributed by atoms with Gasteiger partial charge in [0.05, 0.1) is 0 Å². The van der Waals surface area contributed by atoms with Crippen molar-refractivity contribution in [2.75, 3.05) is 0 Å². The van der Waals surface area contributed by atoms with Crippen molar-refractivity contribution in [3.63, 3.8) is 0 Å². The summed E-state index contributed by atoms with van der Waals surface area (Å²) in [5, 5.41) is 0. The molecule has 2 nitrogen and oxygen atoms in total. The van der Waals surface area contributed by atoms with E-state index in [1.165, 1.54) is 38.5 Å². The number of rotatable bonds is 5. The third kappa shape index (κ3) is 4.14. The van der Waals surface area contributed by atoms with E-state index in [-0.39, 0.29) is 12.1 Å². The number of allylic oxidation sites excluding steroid dienone is 4. The molecule has 3 saturated carbocycles. The third-order valence-electron chi connectivity index (χ3n) is 10.8. The van der Waals surface area contributed by atoms with Crippen LogP contribution in [0.2, 0.25) is 0 Å². The maximum absolute atomic E-state index is 11.5. The van der Waals surface area contributed by atoms with Gasteiger partial charge in [0.25, 0.3) is 0 Å². The highest BCUT2D eigenvalue weighted by molar-refractivity contribution is 5.66. The Morgan fingerprint density at radius 2 is 1.69 bits per heavy atom. The van der Waals surface area contributed by atoms with Gasteiger partial charge in [-0.05, 0) is 104 Å². The predicted octanol–water partition coefficient (Wildman–Crippen LogP) is 7.98. The van der Waals surface area contributed by atoms with Crippen LogP contribution in [-0.2, 0) is 9.53 Å². The molecule has 0 unspecified atom stereocenters. The molecule has 3 fully saturated rings. The number of hydrogen-bond donors (Lipinski definition) is 0. The number of ether oxygens (including phenoxy) is 1. The smallest absolute Gasteiger partial charge is 0.302 e. The molecule has 4 aliphatic rings. The summed E-state index contributed by atoms with van der Waals surface area (Å²) in [6, 6.07) is 0. The molecule has 0 aliphatic heterocycles. The Labute approximate surface area is 197 Å². The highest BCUT2D eigenvalue weighted by Gasteiger charge is 2.58. The molecule has 180 valence electrons. The average Bonchev–Trinajstić information content (AvgIpc) is 3.08. The van der Waals surface area contributed by atoms with Crippen LogP contribution in [0.15, 0.2) is 23.8 Å². The summed E-state index contributed by atoms with van der Waals surface area (Å²) in [4.78, 5) is 11.5. The van der Waals surface area contributed by atoms with Gasteiger partial charge < -0.3 is 4.74 Å². The summed E-state index contributed by atoms with van der Waals surface area (Å²) >= 11 is 0. The molecule has 9 atom stereocenters. The Balaban J connectivity index is 1.51. The standard InChI is InChI=1S/C30H48O2/c1-19(2)20(3)8-9-21(4)26-12-13-27-25-11-10-23-18-24(32-22(5)31)14-16-29(23,6)28(25)15-17-30(26,27)7/h8-9,11,19-21,23-24,26-28H,10,12-18H2,1-7H3/b9-8+/t20-,21+,23+,24+,26+,27-,28-,29+,30-/m0/s1. The van der Waals surface area contributed by atoms with E-state index in [4.69, 9.17) is 4.74 Å². The summed E-state index contributed by atoms with van der Waals surface area (Å²) in [5.41, 5.74) is 2.70. The number of esters is 1. The van der Waals surface area contributed by atoms with E-state index in [1.54, 1.807) is 6.92 Å². The fourth-order valence-electron chi connectivity index (χ4n) is 8.43. The Hall–Kier alpha value is -1.05. The Bertz CT molecular complexity index is 763. The number of hydrogen-bond acceptors (Lipinski definition) is 2. The van der Waals surface area contributed by atoms with Gasteiger partial charge in [0.1, 0.15) is 6.10 Å². The first kappa shape index (κ1) is 24.1. The van der Waals surface area contributed by atoms with Gasteiger partial charge in [-0.2, -0.15) is 0 Å². The maximum Gasteiger partial charge on any atom is 0.302 e. The van der Waals surface area contributed by atoms with Gasteiger partial charge in [-0.25, -0.2) is 0 Å². The monoisotopic (exact) mass is 440 g/mol. The van der Waals surface area contributed by atoms with Crippen LogP contribution in [0, 0.1) is 52.3 Å². The highest BCUT2D eigenvalue weighted by atomic mass is 16.5. The van der Waals surface area contributed by atoms with E-state index < -0.39 is 0 Å². The second-order valence-electron chi connectivity index (χ2n) is 12.8. The van der Waals surface area contributed by atoms with Crippen LogP contribution in [-0.4, -0.2) is 12.1 Å². The molecular formula is C30H48O2. The summed E-state index contributed by atoms with van der Waals surface area (Å²) in [7, 11) is 0. The summed E-state index contributed by atoms with van der Waals surface area (Å²) < 4.78 is 5.64. The quantitative estimate of drug-likeness (QED) is 0.320. The first-order valence-electron chi connectivity index (χ1n) is 13.6. The Morgan fingerprint density at radius 3 is 2.38 bits per heavy atom. The minimum Gasteiger partial charge on any atom is -0.463 e. The second kappa shape index (κ2) is 8.95. The zero-order valence-corrected chi connectivity index (χ0v) is 21.8. The van der Waals surface area contributed by atoms with Crippen LogP contribution in [0.25, 0.3) is 0 Å². The SMILES string of the molecule is CC(=O)O[C@@H]1CC[C@]2(C)[C@H](CC=C3[C@@H]4CC[C@H]([C@H](C)/C=C/[C@H](C)C(C)C)[C@]4(C)CC[C@@H]32)C1. The van der Waals surface area contributed by atoms with E-state index in [9.17, 15) is 4.79 Å². The fourth-order valence-corrected chi connectivity index (χ4v) is 8.43. The van der Waals surface area contributed by atoms with E-state index in [0.29, 0.717) is 28.6 Å². The lowest BCUT2D eigenvalue weighted by Crippen LogP contribution is -2.50. The molecule has 0 spiro atoms. The lowest BCUT2D eigenvalue weighted by atomic mass is 9.47. The average molecular weight is 441 g/mol. The Morgan fingerprint density at radius 1 is 1.00 bits per heavy atom. The number of fused-ring (bicyclic) bond motifs is 5. The largest absolute Gasteiger partial charge is 0.463 e. The second-order valence-corrected chi connectivity index (χ2v) is 12.8. The first-order chi connectivity index (χ1) is 15.1. The molecule has 4 aliphatic carbocycles. The first-order valence-corrected chi connectivity index (χ1v) is 13.6. The zero-order chi connectivity index (χ0) is 23.3. The molecule has 4 rings (SSSR count). The molecule has 32 heavy (non-hydrogen) atoms. The molecule has 0 N–H and O–H groups in total. The van der Waals surface area contributed by atoms with Crippen molar-refractivity contribution in [1.82, 2.24) is 0 Å². The number of carbonyl (C=O) groups is 1. The van der Waals surface area contributed by atoms with Gasteiger partial charge in [-0.15, -0.1) is 0 Å². The van der Waals surface area contributed by atoms with Gasteiger partial charge in [-0.3, -0.25) is 4.79 Å². The van der Waals surface area contributed by atoms with Crippen molar-refractivity contribution in [2.24, 2.45) is 52.3 Å². The lowest BCUT2D eigenvalue weighted by molar-refractivity contribution is -0.152. The van der Waals surface area contributed by atoms with E-state index in [2.05, 4.69) is 59.8 Å². The molecule has 0 bridgehead atoms. The van der Waals surface area contributed by atoms with Crippen molar-refractivity contribution in [3.05, 3.63) is 23.8 Å². The van der Waals surface area contributed by atoms with Crippen molar-refractivity contribution in [1.29, 1.82) is 0 Å². The van der Waals surface area contributed by atoms with Crippen molar-refractivity contribution < 1.29 is 9.53 Å². The van der Waals surface area contributed by atoms with Crippen LogP contribution in [0.3, 0.4) is 0 Å². The molecule has 0 aromatic heterocycles. The minimum absolute atomic E-state index is 0.109. The van der Waals surface area contributed by atoms with Crippen LogP contribution >= 0.6 is 0 Å². The lowest BCUT2D eigenvalue weighted by Gasteiger charge is -2.58. The van der Waals surface area contributed by atoms with E-state index in [1.807, 2.05) is 5.57 Å². The molecular weight excluding hydrogens is 392 g/mol. The summed E-state index contributed by atoms with van der Waals surface area (Å²) in [5.74, 6) is 4.98. The van der Waals surface area contributed by atoms with Crippen molar-refractivity contribution >= 4 is 5.97 Å². The molecule has 0 aromatic carbocycles. The molecule has 0 saturated heterocycles. The van der Waals surface area contributed by atoms with Crippen LogP contribution in [0.4, 0.5) is 0 Å². The summed E-state index contributed by atoms with van der Waals surface area (Å²) in [6.07, 6.45) is 17.9. The van der Waals surface area contributed by atoms with Crippen LogP contribution < -0.4 is 0 Å². The van der Waals surface area contributed by atoms with Gasteiger partial charge in [0, 0.05) is 6.92 Å².